The summed E-state index contributed by atoms with van der Waals surface area (Å²) in [5.74, 6) is 1.38. The van der Waals surface area contributed by atoms with Crippen molar-refractivity contribution in [2.75, 3.05) is 22.4 Å². The summed E-state index contributed by atoms with van der Waals surface area (Å²) in [5, 5.41) is 9.59. The van der Waals surface area contributed by atoms with Gasteiger partial charge in [-0.15, -0.1) is 5.10 Å². The number of fused-ring (bicyclic) bond motifs is 1. The molecule has 0 bridgehead atoms. The van der Waals surface area contributed by atoms with E-state index < -0.39 is 22.0 Å². The predicted octanol–water partition coefficient (Wildman–Crippen LogP) is 2.09. The molecule has 156 valence electrons. The summed E-state index contributed by atoms with van der Waals surface area (Å²) in [6, 6.07) is 6.74. The topological polar surface area (TPSA) is 117 Å². The molecule has 0 radical (unpaired) electrons. The number of anilines is 2. The number of carbonyl (C=O) groups is 1. The largest absolute Gasteiger partial charge is 0.476 e. The number of benzene rings is 1. The first-order chi connectivity index (χ1) is 13.9. The fourth-order valence-electron chi connectivity index (χ4n) is 3.95. The average molecular weight is 420 g/mol. The van der Waals surface area contributed by atoms with Crippen LogP contribution in [0.4, 0.5) is 11.6 Å². The van der Waals surface area contributed by atoms with E-state index >= 15 is 0 Å². The third kappa shape index (κ3) is 4.52. The van der Waals surface area contributed by atoms with Crippen LogP contribution in [0.3, 0.4) is 0 Å². The number of carbonyl (C=O) groups excluding carboxylic acids is 1. The molecule has 1 atom stereocenters. The number of amides is 1. The van der Waals surface area contributed by atoms with Crippen molar-refractivity contribution >= 4 is 27.6 Å². The number of para-hydroxylation sites is 2. The molecule has 0 saturated heterocycles. The van der Waals surface area contributed by atoms with Gasteiger partial charge in [-0.1, -0.05) is 44.2 Å². The van der Waals surface area contributed by atoms with Gasteiger partial charge in [0.1, 0.15) is 11.6 Å². The van der Waals surface area contributed by atoms with Gasteiger partial charge in [0, 0.05) is 6.42 Å². The standard InChI is InChI=1S/C19H25N5O4S/c1-29(26,27)24-12-16(28-15-10-6-5-9-14(15)24)18(25)21-19-20-17(22-23-19)11-13-7-3-2-4-8-13/h5-6,9-10,13,16H,2-4,7-8,11-12H2,1H3,(H2,20,21,22,23,25)/t16-/m1/s1. The van der Waals surface area contributed by atoms with E-state index in [0.29, 0.717) is 17.4 Å². The second kappa shape index (κ2) is 8.02. The number of aromatic amines is 1. The summed E-state index contributed by atoms with van der Waals surface area (Å²) in [6.45, 7) is -0.110. The first kappa shape index (κ1) is 19.7. The number of H-pyrrole nitrogens is 1. The van der Waals surface area contributed by atoms with E-state index in [-0.39, 0.29) is 12.5 Å². The Morgan fingerprint density at radius 2 is 2.03 bits per heavy atom. The lowest BCUT2D eigenvalue weighted by atomic mass is 9.87. The van der Waals surface area contributed by atoms with E-state index in [1.54, 1.807) is 24.3 Å². The van der Waals surface area contributed by atoms with E-state index in [0.717, 1.165) is 18.5 Å². The van der Waals surface area contributed by atoms with Gasteiger partial charge >= 0.3 is 0 Å². The van der Waals surface area contributed by atoms with Gasteiger partial charge in [-0.25, -0.2) is 8.42 Å². The van der Waals surface area contributed by atoms with Gasteiger partial charge in [-0.2, -0.15) is 4.98 Å². The van der Waals surface area contributed by atoms with Crippen LogP contribution in [0.1, 0.15) is 37.9 Å². The highest BCUT2D eigenvalue weighted by molar-refractivity contribution is 7.92. The summed E-state index contributed by atoms with van der Waals surface area (Å²) in [4.78, 5) is 17.1. The molecular formula is C19H25N5O4S. The quantitative estimate of drug-likeness (QED) is 0.766. The molecule has 2 heterocycles. The van der Waals surface area contributed by atoms with Crippen LogP contribution in [0.2, 0.25) is 0 Å². The zero-order valence-corrected chi connectivity index (χ0v) is 17.1. The number of nitrogens with zero attached hydrogens (tertiary/aromatic N) is 3. The van der Waals surface area contributed by atoms with Crippen molar-refractivity contribution in [3.05, 3.63) is 30.1 Å². The van der Waals surface area contributed by atoms with Gasteiger partial charge in [-0.05, 0) is 18.1 Å². The Labute approximate surface area is 169 Å². The number of sulfonamides is 1. The molecule has 1 aromatic carbocycles. The Morgan fingerprint density at radius 1 is 1.28 bits per heavy atom. The molecule has 4 rings (SSSR count). The Morgan fingerprint density at radius 3 is 2.79 bits per heavy atom. The van der Waals surface area contributed by atoms with E-state index in [1.807, 2.05) is 0 Å². The normalized spacial score (nSPS) is 20.0. The number of rotatable bonds is 5. The molecule has 1 aromatic heterocycles. The van der Waals surface area contributed by atoms with Crippen molar-refractivity contribution in [2.45, 2.75) is 44.6 Å². The molecule has 2 aliphatic rings. The fraction of sp³-hybridized carbons (Fsp3) is 0.526. The van der Waals surface area contributed by atoms with E-state index in [2.05, 4.69) is 20.5 Å². The van der Waals surface area contributed by atoms with Crippen LogP contribution in [0.15, 0.2) is 24.3 Å². The maximum Gasteiger partial charge on any atom is 0.269 e. The molecule has 0 unspecified atom stereocenters. The molecular weight excluding hydrogens is 394 g/mol. The lowest BCUT2D eigenvalue weighted by molar-refractivity contribution is -0.122. The van der Waals surface area contributed by atoms with Gasteiger partial charge in [0.05, 0.1) is 18.5 Å². The van der Waals surface area contributed by atoms with Crippen molar-refractivity contribution < 1.29 is 17.9 Å². The minimum Gasteiger partial charge on any atom is -0.476 e. The van der Waals surface area contributed by atoms with E-state index in [9.17, 15) is 13.2 Å². The van der Waals surface area contributed by atoms with Crippen molar-refractivity contribution in [2.24, 2.45) is 5.92 Å². The van der Waals surface area contributed by atoms with Crippen LogP contribution in [-0.2, 0) is 21.2 Å². The number of hydrogen-bond acceptors (Lipinski definition) is 6. The number of aromatic nitrogens is 3. The van der Waals surface area contributed by atoms with Crippen LogP contribution in [0, 0.1) is 5.92 Å². The highest BCUT2D eigenvalue weighted by atomic mass is 32.2. The Balaban J connectivity index is 1.44. The summed E-state index contributed by atoms with van der Waals surface area (Å²) in [7, 11) is -3.55. The molecule has 1 saturated carbocycles. The molecule has 2 N–H and O–H groups in total. The summed E-state index contributed by atoms with van der Waals surface area (Å²) in [5.41, 5.74) is 0.423. The first-order valence-electron chi connectivity index (χ1n) is 9.85. The number of nitrogens with one attached hydrogen (secondary N) is 2. The smallest absolute Gasteiger partial charge is 0.269 e. The summed E-state index contributed by atoms with van der Waals surface area (Å²) >= 11 is 0. The third-order valence-electron chi connectivity index (χ3n) is 5.40. The van der Waals surface area contributed by atoms with Crippen molar-refractivity contribution in [3.8, 4) is 5.75 Å². The Bertz CT molecular complexity index is 984. The Kier molecular flexibility index (Phi) is 5.44. The number of ether oxygens (including phenoxy) is 1. The minimum absolute atomic E-state index is 0.110. The maximum absolute atomic E-state index is 12.7. The van der Waals surface area contributed by atoms with Crippen molar-refractivity contribution in [1.29, 1.82) is 0 Å². The molecule has 9 nitrogen and oxygen atoms in total. The predicted molar refractivity (Wildman–Crippen MR) is 108 cm³/mol. The molecule has 1 aliphatic heterocycles. The maximum atomic E-state index is 12.7. The van der Waals surface area contributed by atoms with E-state index in [1.165, 1.54) is 36.4 Å². The van der Waals surface area contributed by atoms with Crippen LogP contribution in [0.25, 0.3) is 0 Å². The summed E-state index contributed by atoms with van der Waals surface area (Å²) < 4.78 is 31.3. The molecule has 10 heteroatoms. The molecule has 1 fully saturated rings. The Hall–Kier alpha value is -2.62. The second-order valence-electron chi connectivity index (χ2n) is 7.67. The van der Waals surface area contributed by atoms with Crippen LogP contribution < -0.4 is 14.4 Å². The second-order valence-corrected chi connectivity index (χ2v) is 9.58. The first-order valence-corrected chi connectivity index (χ1v) is 11.7. The van der Waals surface area contributed by atoms with Crippen LogP contribution in [-0.4, -0.2) is 48.4 Å². The zero-order valence-electron chi connectivity index (χ0n) is 16.3. The monoisotopic (exact) mass is 419 g/mol. The molecule has 29 heavy (non-hydrogen) atoms. The lowest BCUT2D eigenvalue weighted by Gasteiger charge is -2.33. The highest BCUT2D eigenvalue weighted by Gasteiger charge is 2.35. The summed E-state index contributed by atoms with van der Waals surface area (Å²) in [6.07, 6.45) is 7.11. The van der Waals surface area contributed by atoms with E-state index in [4.69, 9.17) is 4.74 Å². The molecule has 2 aromatic rings. The minimum atomic E-state index is -3.55. The highest BCUT2D eigenvalue weighted by Crippen LogP contribution is 2.34. The van der Waals surface area contributed by atoms with Crippen molar-refractivity contribution in [3.63, 3.8) is 0 Å². The van der Waals surface area contributed by atoms with Crippen LogP contribution >= 0.6 is 0 Å². The van der Waals surface area contributed by atoms with Crippen molar-refractivity contribution in [1.82, 2.24) is 15.2 Å². The van der Waals surface area contributed by atoms with Gasteiger partial charge in [-0.3, -0.25) is 19.5 Å². The van der Waals surface area contributed by atoms with Gasteiger partial charge in [0.25, 0.3) is 5.91 Å². The van der Waals surface area contributed by atoms with Gasteiger partial charge < -0.3 is 4.74 Å². The van der Waals surface area contributed by atoms with Gasteiger partial charge in [0.15, 0.2) is 6.10 Å². The molecule has 1 aliphatic carbocycles. The third-order valence-corrected chi connectivity index (χ3v) is 6.55. The zero-order chi connectivity index (χ0) is 20.4. The molecule has 0 spiro atoms. The molecule has 1 amide bonds. The number of hydrogen-bond donors (Lipinski definition) is 2. The van der Waals surface area contributed by atoms with Gasteiger partial charge in [0.2, 0.25) is 16.0 Å². The van der Waals surface area contributed by atoms with Crippen LogP contribution in [0.5, 0.6) is 5.75 Å². The fourth-order valence-corrected chi connectivity index (χ4v) is 4.87. The lowest BCUT2D eigenvalue weighted by Crippen LogP contribution is -2.48. The SMILES string of the molecule is CS(=O)(=O)N1C[C@H](C(=O)Nc2n[nH]c(CC3CCCCC3)n2)Oc2ccccc21. The average Bonchev–Trinajstić information content (AvgIpc) is 3.13.